The number of nitrogens with one attached hydrogen (secondary N) is 1. The molecule has 0 aliphatic carbocycles. The third kappa shape index (κ3) is 5.40. The number of benzene rings is 2. The Labute approximate surface area is 173 Å². The lowest BCUT2D eigenvalue weighted by atomic mass is 9.97. The van der Waals surface area contributed by atoms with Crippen molar-refractivity contribution in [2.45, 2.75) is 13.3 Å². The molecule has 0 radical (unpaired) electrons. The summed E-state index contributed by atoms with van der Waals surface area (Å²) in [5.41, 5.74) is 0.197. The fourth-order valence-corrected chi connectivity index (χ4v) is 2.73. The van der Waals surface area contributed by atoms with Crippen molar-refractivity contribution in [3.63, 3.8) is 0 Å². The summed E-state index contributed by atoms with van der Waals surface area (Å²) in [5, 5.41) is 14.0. The molecule has 0 aliphatic heterocycles. The Morgan fingerprint density at radius 1 is 1.10 bits per heavy atom. The van der Waals surface area contributed by atoms with Crippen molar-refractivity contribution in [2.24, 2.45) is 0 Å². The molecule has 0 saturated heterocycles. The maximum atomic E-state index is 13.0. The predicted molar refractivity (Wildman–Crippen MR) is 111 cm³/mol. The summed E-state index contributed by atoms with van der Waals surface area (Å²) in [7, 11) is 3.32. The van der Waals surface area contributed by atoms with E-state index in [4.69, 9.17) is 4.74 Å². The zero-order valence-corrected chi connectivity index (χ0v) is 17.0. The Morgan fingerprint density at radius 2 is 1.77 bits per heavy atom. The van der Waals surface area contributed by atoms with E-state index in [0.29, 0.717) is 12.2 Å². The van der Waals surface area contributed by atoms with Crippen LogP contribution in [0.4, 0.5) is 11.4 Å². The zero-order valence-electron chi connectivity index (χ0n) is 17.0. The number of rotatable bonds is 9. The Morgan fingerprint density at radius 3 is 2.37 bits per heavy atom. The number of carbonyl (C=O) groups excluding carboxylic acids is 3. The van der Waals surface area contributed by atoms with Crippen molar-refractivity contribution in [3.05, 3.63) is 69.3 Å². The van der Waals surface area contributed by atoms with E-state index >= 15 is 0 Å². The van der Waals surface area contributed by atoms with Gasteiger partial charge in [0.2, 0.25) is 0 Å². The van der Waals surface area contributed by atoms with Gasteiger partial charge in [-0.1, -0.05) is 25.1 Å². The topological polar surface area (TPSA) is 119 Å². The van der Waals surface area contributed by atoms with Crippen LogP contribution in [0.1, 0.15) is 39.6 Å². The summed E-state index contributed by atoms with van der Waals surface area (Å²) >= 11 is 0. The van der Waals surface area contributed by atoms with Crippen LogP contribution < -0.4 is 10.2 Å². The summed E-state index contributed by atoms with van der Waals surface area (Å²) in [6.45, 7) is 1.89. The van der Waals surface area contributed by atoms with Crippen LogP contribution in [-0.4, -0.2) is 49.8 Å². The number of hydrogen-bond acceptors (Lipinski definition) is 7. The van der Waals surface area contributed by atoms with Gasteiger partial charge in [-0.25, -0.2) is 4.79 Å². The number of esters is 1. The number of nitro benzene ring substituents is 1. The molecule has 9 nitrogen and oxygen atoms in total. The first kappa shape index (κ1) is 22.5. The van der Waals surface area contributed by atoms with Crippen molar-refractivity contribution in [1.82, 2.24) is 5.32 Å². The molecule has 2 aromatic rings. The Kier molecular flexibility index (Phi) is 7.62. The highest BCUT2D eigenvalue weighted by Gasteiger charge is 2.23. The van der Waals surface area contributed by atoms with Crippen LogP contribution in [0.25, 0.3) is 0 Å². The minimum absolute atomic E-state index is 0.0230. The second-order valence-corrected chi connectivity index (χ2v) is 6.66. The molecule has 2 rings (SSSR count). The lowest BCUT2D eigenvalue weighted by Crippen LogP contribution is -2.29. The van der Waals surface area contributed by atoms with E-state index < -0.39 is 29.2 Å². The van der Waals surface area contributed by atoms with E-state index in [2.05, 4.69) is 5.32 Å². The lowest BCUT2D eigenvalue weighted by Gasteiger charge is -2.14. The van der Waals surface area contributed by atoms with Gasteiger partial charge >= 0.3 is 5.97 Å². The van der Waals surface area contributed by atoms with Crippen LogP contribution in [0, 0.1) is 10.1 Å². The molecule has 0 aromatic heterocycles. The van der Waals surface area contributed by atoms with Gasteiger partial charge in [0.1, 0.15) is 5.69 Å². The minimum atomic E-state index is -0.829. The second kappa shape index (κ2) is 10.1. The van der Waals surface area contributed by atoms with Gasteiger partial charge in [0.15, 0.2) is 12.4 Å². The van der Waals surface area contributed by atoms with Gasteiger partial charge in [-0.15, -0.1) is 0 Å². The zero-order chi connectivity index (χ0) is 22.3. The maximum absolute atomic E-state index is 13.0. The van der Waals surface area contributed by atoms with Crippen LogP contribution in [0.15, 0.2) is 42.5 Å². The van der Waals surface area contributed by atoms with Crippen molar-refractivity contribution >= 4 is 29.0 Å². The van der Waals surface area contributed by atoms with Crippen LogP contribution in [0.5, 0.6) is 0 Å². The second-order valence-electron chi connectivity index (χ2n) is 6.66. The van der Waals surface area contributed by atoms with Crippen LogP contribution in [0.3, 0.4) is 0 Å². The molecule has 0 unspecified atom stereocenters. The van der Waals surface area contributed by atoms with Gasteiger partial charge < -0.3 is 15.0 Å². The number of carbonyl (C=O) groups is 3. The number of anilines is 1. The van der Waals surface area contributed by atoms with Gasteiger partial charge in [0.25, 0.3) is 11.6 Å². The highest BCUT2D eigenvalue weighted by Crippen LogP contribution is 2.29. The SMILES string of the molecule is CCCNC(=O)COC(=O)c1ccccc1C(=O)c1ccc(N(C)C)c([N+](=O)[O-])c1. The van der Waals surface area contributed by atoms with Gasteiger partial charge in [0.05, 0.1) is 10.5 Å². The number of hydrogen-bond donors (Lipinski definition) is 1. The summed E-state index contributed by atoms with van der Waals surface area (Å²) in [6, 6.07) is 10.1. The van der Waals surface area contributed by atoms with Crippen molar-refractivity contribution in [3.8, 4) is 0 Å². The maximum Gasteiger partial charge on any atom is 0.339 e. The van der Waals surface area contributed by atoms with Gasteiger partial charge in [0, 0.05) is 37.8 Å². The van der Waals surface area contributed by atoms with E-state index in [1.807, 2.05) is 6.92 Å². The minimum Gasteiger partial charge on any atom is -0.452 e. The Bertz CT molecular complexity index is 971. The normalized spacial score (nSPS) is 10.2. The molecular formula is C21H23N3O6. The van der Waals surface area contributed by atoms with E-state index in [1.54, 1.807) is 31.1 Å². The predicted octanol–water partition coefficient (Wildman–Crippen LogP) is 2.57. The van der Waals surface area contributed by atoms with E-state index in [1.165, 1.54) is 30.3 Å². The monoisotopic (exact) mass is 413 g/mol. The smallest absolute Gasteiger partial charge is 0.339 e. The summed E-state index contributed by atoms with van der Waals surface area (Å²) in [4.78, 5) is 49.5. The molecule has 0 bridgehead atoms. The van der Waals surface area contributed by atoms with Gasteiger partial charge in [-0.2, -0.15) is 0 Å². The van der Waals surface area contributed by atoms with E-state index in [0.717, 1.165) is 6.42 Å². The molecule has 1 N–H and O–H groups in total. The van der Waals surface area contributed by atoms with Crippen molar-refractivity contribution in [1.29, 1.82) is 0 Å². The molecule has 9 heteroatoms. The van der Waals surface area contributed by atoms with Gasteiger partial charge in [-0.3, -0.25) is 19.7 Å². The van der Waals surface area contributed by atoms with E-state index in [-0.39, 0.29) is 22.4 Å². The third-order valence-corrected chi connectivity index (χ3v) is 4.21. The average molecular weight is 413 g/mol. The van der Waals surface area contributed by atoms with Crippen LogP contribution >= 0.6 is 0 Å². The number of nitrogens with zero attached hydrogens (tertiary/aromatic N) is 2. The molecule has 0 heterocycles. The average Bonchev–Trinajstić information content (AvgIpc) is 2.74. The summed E-state index contributed by atoms with van der Waals surface area (Å²) in [6.07, 6.45) is 0.746. The largest absolute Gasteiger partial charge is 0.452 e. The number of nitro groups is 1. The van der Waals surface area contributed by atoms with Crippen LogP contribution in [0.2, 0.25) is 0 Å². The molecule has 0 fully saturated rings. The number of ether oxygens (including phenoxy) is 1. The number of amides is 1. The molecule has 2 aromatic carbocycles. The molecule has 30 heavy (non-hydrogen) atoms. The first-order valence-corrected chi connectivity index (χ1v) is 9.29. The fraction of sp³-hybridized carbons (Fsp3) is 0.286. The quantitative estimate of drug-likeness (QED) is 0.290. The van der Waals surface area contributed by atoms with Crippen molar-refractivity contribution < 1.29 is 24.0 Å². The van der Waals surface area contributed by atoms with Gasteiger partial charge in [-0.05, 0) is 24.6 Å². The Hall–Kier alpha value is -3.75. The molecule has 0 aliphatic rings. The fourth-order valence-electron chi connectivity index (χ4n) is 2.73. The van der Waals surface area contributed by atoms with Crippen LogP contribution in [-0.2, 0) is 9.53 Å². The first-order valence-electron chi connectivity index (χ1n) is 9.29. The standard InChI is InChI=1S/C21H23N3O6/c1-4-11-22-19(25)13-30-21(27)16-8-6-5-7-15(16)20(26)14-9-10-17(23(2)3)18(12-14)24(28)29/h5-10,12H,4,11,13H2,1-3H3,(H,22,25). The Balaban J connectivity index is 2.30. The van der Waals surface area contributed by atoms with E-state index in [9.17, 15) is 24.5 Å². The molecule has 0 atom stereocenters. The summed E-state index contributed by atoms with van der Waals surface area (Å²) in [5.74, 6) is -1.83. The molecule has 1 amide bonds. The highest BCUT2D eigenvalue weighted by molar-refractivity contribution is 6.15. The number of ketones is 1. The summed E-state index contributed by atoms with van der Waals surface area (Å²) < 4.78 is 5.01. The molecule has 158 valence electrons. The van der Waals surface area contributed by atoms with Crippen molar-refractivity contribution in [2.75, 3.05) is 32.1 Å². The first-order chi connectivity index (χ1) is 14.3. The molecule has 0 spiro atoms. The third-order valence-electron chi connectivity index (χ3n) is 4.21. The highest BCUT2D eigenvalue weighted by atomic mass is 16.6. The molecule has 0 saturated carbocycles. The lowest BCUT2D eigenvalue weighted by molar-refractivity contribution is -0.384. The molecular weight excluding hydrogens is 390 g/mol.